The highest BCUT2D eigenvalue weighted by Gasteiger charge is 2.24. The molecule has 0 saturated carbocycles. The van der Waals surface area contributed by atoms with Crippen LogP contribution in [0.15, 0.2) is 39.7 Å². The number of nitrogens with zero attached hydrogens (tertiary/aromatic N) is 1. The van der Waals surface area contributed by atoms with E-state index in [-0.39, 0.29) is 35.5 Å². The van der Waals surface area contributed by atoms with Crippen molar-refractivity contribution in [2.24, 2.45) is 10.4 Å². The molecule has 0 aliphatic rings. The summed E-state index contributed by atoms with van der Waals surface area (Å²) in [7, 11) is 3.50. The summed E-state index contributed by atoms with van der Waals surface area (Å²) in [6.45, 7) is 7.76. The van der Waals surface area contributed by atoms with E-state index in [0.29, 0.717) is 13.1 Å². The summed E-state index contributed by atoms with van der Waals surface area (Å²) >= 11 is 0. The lowest BCUT2D eigenvalue weighted by Gasteiger charge is -2.30. The maximum absolute atomic E-state index is 5.79. The molecule has 0 amide bonds. The third-order valence-corrected chi connectivity index (χ3v) is 3.84. The number of hydrogen-bond acceptors (Lipinski definition) is 3. The fourth-order valence-corrected chi connectivity index (χ4v) is 2.45. The number of benzene rings is 1. The van der Waals surface area contributed by atoms with Crippen LogP contribution in [0.1, 0.15) is 26.5 Å². The van der Waals surface area contributed by atoms with Gasteiger partial charge in [-0.3, -0.25) is 4.99 Å². The molecule has 1 aromatic carbocycles. The lowest BCUT2D eigenvalue weighted by atomic mass is 9.89. The first-order chi connectivity index (χ1) is 10.9. The minimum Gasteiger partial charge on any atom is -0.459 e. The summed E-state index contributed by atoms with van der Waals surface area (Å²) in [5.41, 5.74) is 0.971. The van der Waals surface area contributed by atoms with Gasteiger partial charge in [-0.15, -0.1) is 24.0 Å². The average molecular weight is 445 g/mol. The zero-order valence-corrected chi connectivity index (χ0v) is 17.4. The molecule has 0 aliphatic heterocycles. The largest absolute Gasteiger partial charge is 0.459 e. The SMILES string of the molecule is CN=C(NCc1cc2ccccc2o1)NCC(OC)C(C)(C)C.I. The van der Waals surface area contributed by atoms with E-state index < -0.39 is 0 Å². The number of halogens is 1. The average Bonchev–Trinajstić information content (AvgIpc) is 2.92. The number of furan rings is 1. The summed E-state index contributed by atoms with van der Waals surface area (Å²) in [6.07, 6.45) is 0.104. The van der Waals surface area contributed by atoms with Crippen molar-refractivity contribution in [1.82, 2.24) is 10.6 Å². The van der Waals surface area contributed by atoms with Crippen LogP contribution in [-0.4, -0.2) is 32.8 Å². The van der Waals surface area contributed by atoms with Gasteiger partial charge in [-0.05, 0) is 17.5 Å². The molecule has 0 aliphatic carbocycles. The Morgan fingerprint density at radius 2 is 1.96 bits per heavy atom. The second-order valence-corrected chi connectivity index (χ2v) is 6.65. The molecule has 1 aromatic heterocycles. The van der Waals surface area contributed by atoms with Crippen molar-refractivity contribution >= 4 is 40.9 Å². The molecule has 1 atom stereocenters. The lowest BCUT2D eigenvalue weighted by Crippen LogP contribution is -2.45. The van der Waals surface area contributed by atoms with Gasteiger partial charge >= 0.3 is 0 Å². The Kier molecular flexibility index (Phi) is 8.02. The molecule has 6 heteroatoms. The van der Waals surface area contributed by atoms with E-state index in [1.54, 1.807) is 14.2 Å². The van der Waals surface area contributed by atoms with Crippen LogP contribution >= 0.6 is 24.0 Å². The molecule has 0 radical (unpaired) electrons. The van der Waals surface area contributed by atoms with E-state index in [4.69, 9.17) is 9.15 Å². The van der Waals surface area contributed by atoms with Gasteiger partial charge in [0.1, 0.15) is 11.3 Å². The van der Waals surface area contributed by atoms with Crippen molar-refractivity contribution < 1.29 is 9.15 Å². The van der Waals surface area contributed by atoms with Gasteiger partial charge in [-0.1, -0.05) is 39.0 Å². The van der Waals surface area contributed by atoms with Gasteiger partial charge in [-0.2, -0.15) is 0 Å². The van der Waals surface area contributed by atoms with E-state index in [9.17, 15) is 0 Å². The van der Waals surface area contributed by atoms with E-state index in [0.717, 1.165) is 22.7 Å². The molecule has 2 rings (SSSR count). The van der Waals surface area contributed by atoms with Crippen molar-refractivity contribution in [3.63, 3.8) is 0 Å². The number of hydrogen-bond donors (Lipinski definition) is 2. The topological polar surface area (TPSA) is 58.8 Å². The molecule has 5 nitrogen and oxygen atoms in total. The Hall–Kier alpha value is -1.28. The minimum absolute atomic E-state index is 0. The molecule has 2 N–H and O–H groups in total. The second-order valence-electron chi connectivity index (χ2n) is 6.65. The maximum Gasteiger partial charge on any atom is 0.191 e. The van der Waals surface area contributed by atoms with Gasteiger partial charge < -0.3 is 19.8 Å². The van der Waals surface area contributed by atoms with Crippen LogP contribution in [0.5, 0.6) is 0 Å². The highest BCUT2D eigenvalue weighted by atomic mass is 127. The van der Waals surface area contributed by atoms with Gasteiger partial charge in [0, 0.05) is 26.1 Å². The van der Waals surface area contributed by atoms with Crippen molar-refractivity contribution in [3.05, 3.63) is 36.1 Å². The second kappa shape index (κ2) is 9.27. The Labute approximate surface area is 161 Å². The number of guanidine groups is 1. The van der Waals surface area contributed by atoms with E-state index in [1.807, 2.05) is 30.3 Å². The molecule has 0 saturated heterocycles. The van der Waals surface area contributed by atoms with Crippen LogP contribution in [0.3, 0.4) is 0 Å². The predicted octanol–water partition coefficient (Wildman–Crippen LogP) is 3.78. The summed E-state index contributed by atoms with van der Waals surface area (Å²) in [4.78, 5) is 4.24. The van der Waals surface area contributed by atoms with Crippen molar-refractivity contribution in [2.75, 3.05) is 20.7 Å². The number of nitrogens with one attached hydrogen (secondary N) is 2. The van der Waals surface area contributed by atoms with Gasteiger partial charge in [0.2, 0.25) is 0 Å². The summed E-state index contributed by atoms with van der Waals surface area (Å²) in [6, 6.07) is 10.0. The van der Waals surface area contributed by atoms with Crippen LogP contribution in [0.25, 0.3) is 11.0 Å². The highest BCUT2D eigenvalue weighted by molar-refractivity contribution is 14.0. The molecule has 1 unspecified atom stereocenters. The normalized spacial score (nSPS) is 13.5. The summed E-state index contributed by atoms with van der Waals surface area (Å²) < 4.78 is 11.3. The van der Waals surface area contributed by atoms with Gasteiger partial charge in [0.25, 0.3) is 0 Å². The molecule has 24 heavy (non-hydrogen) atoms. The zero-order chi connectivity index (χ0) is 16.9. The molecule has 134 valence electrons. The third-order valence-electron chi connectivity index (χ3n) is 3.84. The molecule has 1 heterocycles. The number of methoxy groups -OCH3 is 1. The van der Waals surface area contributed by atoms with E-state index in [1.165, 1.54) is 0 Å². The monoisotopic (exact) mass is 445 g/mol. The van der Waals surface area contributed by atoms with Gasteiger partial charge in [0.05, 0.1) is 12.6 Å². The number of aliphatic imine (C=N–C) groups is 1. The Morgan fingerprint density at radius 1 is 1.25 bits per heavy atom. The minimum atomic E-state index is 0. The standard InChI is InChI=1S/C18H27N3O2.HI/c1-18(2,3)16(22-5)12-21-17(19-4)20-11-14-10-13-8-6-7-9-15(13)23-14;/h6-10,16H,11-12H2,1-5H3,(H2,19,20,21);1H. The third kappa shape index (κ3) is 5.66. The Balaban J connectivity index is 0.00000288. The number of ether oxygens (including phenoxy) is 1. The predicted molar refractivity (Wildman–Crippen MR) is 110 cm³/mol. The zero-order valence-electron chi connectivity index (χ0n) is 15.1. The first-order valence-corrected chi connectivity index (χ1v) is 7.89. The van der Waals surface area contributed by atoms with E-state index >= 15 is 0 Å². The fourth-order valence-electron chi connectivity index (χ4n) is 2.45. The maximum atomic E-state index is 5.79. The van der Waals surface area contributed by atoms with Crippen molar-refractivity contribution in [3.8, 4) is 0 Å². The molecule has 0 fully saturated rings. The van der Waals surface area contributed by atoms with Crippen LogP contribution in [0.2, 0.25) is 0 Å². The highest BCUT2D eigenvalue weighted by Crippen LogP contribution is 2.21. The van der Waals surface area contributed by atoms with Crippen LogP contribution in [-0.2, 0) is 11.3 Å². The number of rotatable bonds is 5. The molecule has 2 aromatic rings. The lowest BCUT2D eigenvalue weighted by molar-refractivity contribution is 0.0205. The molecular weight excluding hydrogens is 417 g/mol. The Bertz CT molecular complexity index is 629. The van der Waals surface area contributed by atoms with Crippen molar-refractivity contribution in [2.45, 2.75) is 33.4 Å². The smallest absolute Gasteiger partial charge is 0.191 e. The Morgan fingerprint density at radius 3 is 2.54 bits per heavy atom. The van der Waals surface area contributed by atoms with Gasteiger partial charge in [-0.25, -0.2) is 0 Å². The van der Waals surface area contributed by atoms with Crippen molar-refractivity contribution in [1.29, 1.82) is 0 Å². The first kappa shape index (κ1) is 20.8. The van der Waals surface area contributed by atoms with E-state index in [2.05, 4.69) is 36.4 Å². The summed E-state index contributed by atoms with van der Waals surface area (Å²) in [5.74, 6) is 1.62. The van der Waals surface area contributed by atoms with Crippen LogP contribution in [0, 0.1) is 5.41 Å². The molecule has 0 bridgehead atoms. The summed E-state index contributed by atoms with van der Waals surface area (Å²) in [5, 5.41) is 7.68. The first-order valence-electron chi connectivity index (χ1n) is 7.89. The fraction of sp³-hybridized carbons (Fsp3) is 0.500. The van der Waals surface area contributed by atoms with Crippen LogP contribution < -0.4 is 10.6 Å². The number of fused-ring (bicyclic) bond motifs is 1. The molecular formula is C18H28IN3O2. The van der Waals surface area contributed by atoms with Crippen LogP contribution in [0.4, 0.5) is 0 Å². The molecule has 0 spiro atoms. The van der Waals surface area contributed by atoms with Gasteiger partial charge in [0.15, 0.2) is 5.96 Å². The number of para-hydroxylation sites is 1. The quantitative estimate of drug-likeness (QED) is 0.418.